The van der Waals surface area contributed by atoms with Gasteiger partial charge in [0.05, 0.1) is 29.0 Å². The molecule has 9 nitrogen and oxygen atoms in total. The highest BCUT2D eigenvalue weighted by molar-refractivity contribution is 5.99. The molecule has 0 bridgehead atoms. The van der Waals surface area contributed by atoms with Gasteiger partial charge in [0, 0.05) is 58.1 Å². The molecule has 3 N–H and O–H groups in total. The van der Waals surface area contributed by atoms with Gasteiger partial charge in [-0.1, -0.05) is 18.9 Å². The van der Waals surface area contributed by atoms with Crippen LogP contribution >= 0.6 is 0 Å². The maximum Gasteiger partial charge on any atom is 0.227 e. The van der Waals surface area contributed by atoms with Crippen molar-refractivity contribution < 1.29 is 4.79 Å². The van der Waals surface area contributed by atoms with E-state index in [0.29, 0.717) is 11.3 Å². The van der Waals surface area contributed by atoms with E-state index in [4.69, 9.17) is 0 Å². The Bertz CT molecular complexity index is 1780. The predicted octanol–water partition coefficient (Wildman–Crippen LogP) is 5.75. The first-order valence-electron chi connectivity index (χ1n) is 12.7. The quantitative estimate of drug-likeness (QED) is 0.277. The number of nitrogens with one attached hydrogen (secondary N) is 3. The summed E-state index contributed by atoms with van der Waals surface area (Å²) in [5.74, 6) is 0.167. The first-order valence-corrected chi connectivity index (χ1v) is 12.7. The van der Waals surface area contributed by atoms with Crippen LogP contribution in [0.25, 0.3) is 55.8 Å². The second-order valence-corrected chi connectivity index (χ2v) is 9.64. The standard InChI is InChI=1S/C29H24N8O/c38-29(17-5-1-2-6-17)34-20-11-18(14-30-16-20)19-12-22-27(36-37-28(22)33-15-19)25-13-21-23(35-25)8-10-32-26(21)24-7-3-4-9-31-24/h3-4,7-17,35H,1-2,5-6H2,(H,34,38)(H,33,36,37). The van der Waals surface area contributed by atoms with Gasteiger partial charge in [-0.25, -0.2) is 4.98 Å². The van der Waals surface area contributed by atoms with Gasteiger partial charge < -0.3 is 10.3 Å². The number of H-pyrrole nitrogens is 2. The van der Waals surface area contributed by atoms with E-state index in [1.165, 1.54) is 0 Å². The number of hydrogen-bond donors (Lipinski definition) is 3. The van der Waals surface area contributed by atoms with Crippen LogP contribution in [-0.4, -0.2) is 41.0 Å². The topological polar surface area (TPSA) is 125 Å². The van der Waals surface area contributed by atoms with Crippen molar-refractivity contribution in [3.63, 3.8) is 0 Å². The molecule has 0 radical (unpaired) electrons. The molecule has 9 heteroatoms. The van der Waals surface area contributed by atoms with Gasteiger partial charge in [0.25, 0.3) is 0 Å². The number of nitrogens with zero attached hydrogens (tertiary/aromatic N) is 5. The highest BCUT2D eigenvalue weighted by Crippen LogP contribution is 2.34. The average molecular weight is 501 g/mol. The summed E-state index contributed by atoms with van der Waals surface area (Å²) < 4.78 is 0. The molecule has 186 valence electrons. The van der Waals surface area contributed by atoms with Crippen LogP contribution in [0, 0.1) is 5.92 Å². The molecule has 1 saturated carbocycles. The van der Waals surface area contributed by atoms with E-state index in [1.807, 2.05) is 36.4 Å². The highest BCUT2D eigenvalue weighted by Gasteiger charge is 2.23. The zero-order valence-corrected chi connectivity index (χ0v) is 20.5. The fraction of sp³-hybridized carbons (Fsp3) is 0.172. The summed E-state index contributed by atoms with van der Waals surface area (Å²) in [6.07, 6.45) is 12.9. The summed E-state index contributed by atoms with van der Waals surface area (Å²) in [5, 5.41) is 12.5. The summed E-state index contributed by atoms with van der Waals surface area (Å²) in [6, 6.07) is 13.8. The van der Waals surface area contributed by atoms with E-state index in [-0.39, 0.29) is 11.8 Å². The SMILES string of the molecule is O=C(Nc1cncc(-c2cnc3[nH]nc(-c4cc5c(-c6ccccn6)nccc5[nH]4)c3c2)c1)C1CCCC1. The second kappa shape index (κ2) is 9.19. The molecule has 1 aliphatic carbocycles. The molecule has 0 aromatic carbocycles. The molecular weight excluding hydrogens is 476 g/mol. The van der Waals surface area contributed by atoms with E-state index in [2.05, 4.69) is 46.5 Å². The molecule has 0 aliphatic heterocycles. The van der Waals surface area contributed by atoms with Gasteiger partial charge in [0.2, 0.25) is 5.91 Å². The Labute approximate surface area is 217 Å². The zero-order chi connectivity index (χ0) is 25.5. The third-order valence-corrected chi connectivity index (χ3v) is 7.19. The van der Waals surface area contributed by atoms with Crippen molar-refractivity contribution in [3.05, 3.63) is 73.4 Å². The van der Waals surface area contributed by atoms with Gasteiger partial charge in [-0.15, -0.1) is 0 Å². The number of aromatic nitrogens is 7. The molecule has 6 heterocycles. The lowest BCUT2D eigenvalue weighted by atomic mass is 10.1. The minimum atomic E-state index is 0.0746. The number of pyridine rings is 4. The van der Waals surface area contributed by atoms with Crippen LogP contribution in [-0.2, 0) is 4.79 Å². The molecule has 0 atom stereocenters. The van der Waals surface area contributed by atoms with Crippen LogP contribution in [0.5, 0.6) is 0 Å². The molecule has 0 unspecified atom stereocenters. The van der Waals surface area contributed by atoms with Crippen LogP contribution in [0.2, 0.25) is 0 Å². The van der Waals surface area contributed by atoms with Gasteiger partial charge >= 0.3 is 0 Å². The number of aromatic amines is 2. The number of carbonyl (C=O) groups is 1. The van der Waals surface area contributed by atoms with Crippen molar-refractivity contribution in [3.8, 4) is 33.9 Å². The Hall–Kier alpha value is -4.92. The van der Waals surface area contributed by atoms with Crippen molar-refractivity contribution >= 4 is 33.5 Å². The summed E-state index contributed by atoms with van der Waals surface area (Å²) in [7, 11) is 0. The Morgan fingerprint density at radius 3 is 2.63 bits per heavy atom. The van der Waals surface area contributed by atoms with Gasteiger partial charge in [-0.3, -0.25) is 24.8 Å². The molecule has 0 spiro atoms. The van der Waals surface area contributed by atoms with Gasteiger partial charge in [-0.2, -0.15) is 5.10 Å². The largest absolute Gasteiger partial charge is 0.353 e. The summed E-state index contributed by atoms with van der Waals surface area (Å²) in [4.78, 5) is 34.1. The molecule has 0 saturated heterocycles. The maximum atomic E-state index is 12.6. The molecule has 7 rings (SSSR count). The van der Waals surface area contributed by atoms with Crippen molar-refractivity contribution in [1.29, 1.82) is 0 Å². The molecule has 1 amide bonds. The highest BCUT2D eigenvalue weighted by atomic mass is 16.1. The minimum Gasteiger partial charge on any atom is -0.353 e. The Balaban J connectivity index is 1.25. The van der Waals surface area contributed by atoms with Crippen LogP contribution < -0.4 is 5.32 Å². The predicted molar refractivity (Wildman–Crippen MR) is 146 cm³/mol. The van der Waals surface area contributed by atoms with Crippen molar-refractivity contribution in [2.75, 3.05) is 5.32 Å². The van der Waals surface area contributed by atoms with Crippen LogP contribution in [0.15, 0.2) is 73.4 Å². The van der Waals surface area contributed by atoms with Crippen LogP contribution in [0.3, 0.4) is 0 Å². The number of rotatable bonds is 5. The lowest BCUT2D eigenvalue weighted by molar-refractivity contribution is -0.119. The molecule has 38 heavy (non-hydrogen) atoms. The number of anilines is 1. The molecule has 1 aliphatic rings. The van der Waals surface area contributed by atoms with E-state index >= 15 is 0 Å². The summed E-state index contributed by atoms with van der Waals surface area (Å²) in [5.41, 5.74) is 7.32. The molecule has 6 aromatic heterocycles. The van der Waals surface area contributed by atoms with E-state index in [0.717, 1.165) is 75.9 Å². The summed E-state index contributed by atoms with van der Waals surface area (Å²) in [6.45, 7) is 0. The number of amides is 1. The third kappa shape index (κ3) is 3.98. The smallest absolute Gasteiger partial charge is 0.227 e. The van der Waals surface area contributed by atoms with E-state index in [9.17, 15) is 4.79 Å². The first kappa shape index (κ1) is 22.3. The third-order valence-electron chi connectivity index (χ3n) is 7.19. The monoisotopic (exact) mass is 500 g/mol. The molecule has 1 fully saturated rings. The van der Waals surface area contributed by atoms with Gasteiger partial charge in [-0.05, 0) is 49.2 Å². The molecular formula is C29H24N8O. The van der Waals surface area contributed by atoms with Crippen LogP contribution in [0.4, 0.5) is 5.69 Å². The fourth-order valence-electron chi connectivity index (χ4n) is 5.25. The van der Waals surface area contributed by atoms with Gasteiger partial charge in [0.1, 0.15) is 5.69 Å². The maximum absolute atomic E-state index is 12.6. The lowest BCUT2D eigenvalue weighted by Gasteiger charge is -2.11. The Kier molecular flexibility index (Phi) is 5.39. The average Bonchev–Trinajstić information content (AvgIpc) is 3.73. The number of fused-ring (bicyclic) bond motifs is 2. The van der Waals surface area contributed by atoms with E-state index in [1.54, 1.807) is 31.0 Å². The van der Waals surface area contributed by atoms with Crippen molar-refractivity contribution in [1.82, 2.24) is 35.1 Å². The summed E-state index contributed by atoms with van der Waals surface area (Å²) >= 11 is 0. The Morgan fingerprint density at radius 2 is 1.76 bits per heavy atom. The van der Waals surface area contributed by atoms with Crippen LogP contribution in [0.1, 0.15) is 25.7 Å². The number of hydrogen-bond acceptors (Lipinski definition) is 6. The fourth-order valence-corrected chi connectivity index (χ4v) is 5.25. The van der Waals surface area contributed by atoms with Crippen molar-refractivity contribution in [2.45, 2.75) is 25.7 Å². The van der Waals surface area contributed by atoms with Gasteiger partial charge in [0.15, 0.2) is 5.65 Å². The first-order chi connectivity index (χ1) is 18.7. The second-order valence-electron chi connectivity index (χ2n) is 9.64. The van der Waals surface area contributed by atoms with Crippen molar-refractivity contribution in [2.24, 2.45) is 5.92 Å². The molecule has 6 aromatic rings. The number of carbonyl (C=O) groups excluding carboxylic acids is 1. The normalized spacial score (nSPS) is 13.9. The minimum absolute atomic E-state index is 0.0746. The Morgan fingerprint density at radius 1 is 0.868 bits per heavy atom. The lowest BCUT2D eigenvalue weighted by Crippen LogP contribution is -2.20. The zero-order valence-electron chi connectivity index (χ0n) is 20.5. The van der Waals surface area contributed by atoms with E-state index < -0.39 is 0 Å².